The topological polar surface area (TPSA) is 126 Å². The molecule has 5 unspecified atom stereocenters. The fraction of sp³-hybridized carbons (Fsp3) is 0.889. The molecule has 0 spiro atoms. The Bertz CT molecular complexity index is 295. The lowest BCUT2D eigenvalue weighted by Crippen LogP contribution is -2.60. The van der Waals surface area contributed by atoms with Crippen LogP contribution in [0.5, 0.6) is 0 Å². The largest absolute Gasteiger partial charge is 0.479 e. The van der Waals surface area contributed by atoms with Gasteiger partial charge in [0, 0.05) is 0 Å². The second-order valence-corrected chi connectivity index (χ2v) is 4.03. The molecule has 8 heteroatoms. The van der Waals surface area contributed by atoms with Gasteiger partial charge in [-0.05, 0) is 13.8 Å². The molecule has 1 rings (SSSR count). The highest BCUT2D eigenvalue weighted by Crippen LogP contribution is 2.25. The summed E-state index contributed by atoms with van der Waals surface area (Å²) in [4.78, 5) is 21.3. The van der Waals surface area contributed by atoms with Crippen LogP contribution in [0.3, 0.4) is 0 Å². The summed E-state index contributed by atoms with van der Waals surface area (Å²) in [6.07, 6.45) is -6.63. The van der Waals surface area contributed by atoms with Gasteiger partial charge in [-0.3, -0.25) is 0 Å². The Morgan fingerprint density at radius 1 is 1.35 bits per heavy atom. The van der Waals surface area contributed by atoms with E-state index in [2.05, 4.69) is 5.18 Å². The number of aliphatic hydroxyl groups excluding tert-OH is 2. The minimum atomic E-state index is -1.72. The number of aliphatic carboxylic acids is 1. The van der Waals surface area contributed by atoms with Crippen LogP contribution in [0.1, 0.15) is 13.8 Å². The molecule has 1 fully saturated rings. The number of nitroso groups, excluding NO2 is 1. The first kappa shape index (κ1) is 14.0. The normalized spacial score (nSPS) is 38.1. The second-order valence-electron chi connectivity index (χ2n) is 4.03. The Balaban J connectivity index is 2.87. The van der Waals surface area contributed by atoms with E-state index in [4.69, 9.17) is 14.6 Å². The van der Waals surface area contributed by atoms with Crippen molar-refractivity contribution in [3.63, 3.8) is 0 Å². The van der Waals surface area contributed by atoms with E-state index in [1.807, 2.05) is 0 Å². The zero-order valence-electron chi connectivity index (χ0n) is 9.39. The van der Waals surface area contributed by atoms with Crippen molar-refractivity contribution in [3.05, 3.63) is 4.91 Å². The third kappa shape index (κ3) is 2.97. The molecule has 1 saturated heterocycles. The second kappa shape index (κ2) is 5.50. The van der Waals surface area contributed by atoms with Crippen LogP contribution in [0, 0.1) is 4.91 Å². The van der Waals surface area contributed by atoms with Crippen molar-refractivity contribution in [1.82, 2.24) is 0 Å². The number of hydrogen-bond acceptors (Lipinski definition) is 7. The number of hydrogen-bond donors (Lipinski definition) is 3. The maximum absolute atomic E-state index is 10.8. The van der Waals surface area contributed by atoms with E-state index >= 15 is 0 Å². The first-order valence-electron chi connectivity index (χ1n) is 5.10. The summed E-state index contributed by atoms with van der Waals surface area (Å²) in [7, 11) is 0. The molecule has 0 saturated carbocycles. The van der Waals surface area contributed by atoms with Crippen LogP contribution >= 0.6 is 0 Å². The number of aliphatic hydroxyl groups is 2. The molecule has 0 bridgehead atoms. The molecule has 1 heterocycles. The summed E-state index contributed by atoms with van der Waals surface area (Å²) < 4.78 is 10.1. The number of carbonyl (C=O) groups is 1. The molecule has 0 aromatic rings. The minimum Gasteiger partial charge on any atom is -0.479 e. The number of ether oxygens (including phenoxy) is 2. The maximum Gasteiger partial charge on any atom is 0.335 e. The molecular weight excluding hydrogens is 234 g/mol. The molecule has 3 N–H and O–H groups in total. The van der Waals surface area contributed by atoms with E-state index in [9.17, 15) is 19.9 Å². The summed E-state index contributed by atoms with van der Waals surface area (Å²) in [6.45, 7) is 3.30. The van der Waals surface area contributed by atoms with Gasteiger partial charge in [0.05, 0.1) is 6.10 Å². The molecule has 0 aromatic heterocycles. The van der Waals surface area contributed by atoms with E-state index in [0.717, 1.165) is 0 Å². The quantitative estimate of drug-likeness (QED) is 0.550. The summed E-state index contributed by atoms with van der Waals surface area (Å²) >= 11 is 0. The predicted molar refractivity (Wildman–Crippen MR) is 54.1 cm³/mol. The summed E-state index contributed by atoms with van der Waals surface area (Å²) in [6, 6.07) is -1.36. The molecule has 98 valence electrons. The van der Waals surface area contributed by atoms with Crippen molar-refractivity contribution in [3.8, 4) is 0 Å². The minimum absolute atomic E-state index is 0.346. The van der Waals surface area contributed by atoms with Gasteiger partial charge in [0.1, 0.15) is 12.2 Å². The van der Waals surface area contributed by atoms with Crippen molar-refractivity contribution in [2.75, 3.05) is 0 Å². The zero-order valence-corrected chi connectivity index (χ0v) is 9.39. The van der Waals surface area contributed by atoms with Gasteiger partial charge in [0.15, 0.2) is 18.4 Å². The summed E-state index contributed by atoms with van der Waals surface area (Å²) in [5.74, 6) is -1.45. The molecule has 0 amide bonds. The molecule has 17 heavy (non-hydrogen) atoms. The number of nitrogens with zero attached hydrogens (tertiary/aromatic N) is 1. The van der Waals surface area contributed by atoms with E-state index in [1.165, 1.54) is 0 Å². The lowest BCUT2D eigenvalue weighted by Gasteiger charge is -2.38. The Labute approximate surface area is 97.1 Å². The standard InChI is InChI=1S/C9H15NO7/c1-3(2)16-9-4(10-15)5(11)6(12)7(17-9)8(13)14/h3-7,9,11-12H,1-2H3,(H,13,14). The zero-order chi connectivity index (χ0) is 13.2. The van der Waals surface area contributed by atoms with Crippen LogP contribution < -0.4 is 0 Å². The molecular formula is C9H15NO7. The van der Waals surface area contributed by atoms with Gasteiger partial charge in [-0.25, -0.2) is 4.79 Å². The van der Waals surface area contributed by atoms with Gasteiger partial charge in [0.25, 0.3) is 0 Å². The summed E-state index contributed by atoms with van der Waals surface area (Å²) in [5, 5.41) is 30.4. The van der Waals surface area contributed by atoms with Crippen LogP contribution in [-0.4, -0.2) is 58.0 Å². The van der Waals surface area contributed by atoms with Crippen molar-refractivity contribution in [1.29, 1.82) is 0 Å². The lowest BCUT2D eigenvalue weighted by atomic mass is 9.97. The smallest absolute Gasteiger partial charge is 0.335 e. The van der Waals surface area contributed by atoms with E-state index in [1.54, 1.807) is 13.8 Å². The molecule has 1 aliphatic rings. The average Bonchev–Trinajstić information content (AvgIpc) is 2.22. The Kier molecular flexibility index (Phi) is 4.52. The van der Waals surface area contributed by atoms with E-state index < -0.39 is 36.6 Å². The van der Waals surface area contributed by atoms with Crippen molar-refractivity contribution < 1.29 is 29.6 Å². The van der Waals surface area contributed by atoms with Crippen LogP contribution in [-0.2, 0) is 14.3 Å². The molecule has 0 radical (unpaired) electrons. The van der Waals surface area contributed by atoms with Crippen LogP contribution in [0.2, 0.25) is 0 Å². The Hall–Kier alpha value is -1.09. The number of carboxylic acid groups (broad SMARTS) is 1. The van der Waals surface area contributed by atoms with Crippen molar-refractivity contribution in [2.45, 2.75) is 50.6 Å². The summed E-state index contributed by atoms with van der Waals surface area (Å²) in [5.41, 5.74) is 0. The fourth-order valence-electron chi connectivity index (χ4n) is 1.54. The number of rotatable bonds is 4. The Morgan fingerprint density at radius 3 is 2.35 bits per heavy atom. The number of carboxylic acids is 1. The molecule has 0 aliphatic carbocycles. The van der Waals surface area contributed by atoms with Gasteiger partial charge in [-0.2, -0.15) is 4.91 Å². The maximum atomic E-state index is 10.8. The van der Waals surface area contributed by atoms with Crippen LogP contribution in [0.4, 0.5) is 0 Å². The predicted octanol–water partition coefficient (Wildman–Crippen LogP) is -0.922. The monoisotopic (exact) mass is 249 g/mol. The fourth-order valence-corrected chi connectivity index (χ4v) is 1.54. The highest BCUT2D eigenvalue weighted by Gasteiger charge is 2.49. The lowest BCUT2D eigenvalue weighted by molar-refractivity contribution is -0.268. The third-order valence-corrected chi connectivity index (χ3v) is 2.34. The van der Waals surface area contributed by atoms with Crippen molar-refractivity contribution in [2.24, 2.45) is 5.18 Å². The van der Waals surface area contributed by atoms with Gasteiger partial charge in [0.2, 0.25) is 0 Å². The third-order valence-electron chi connectivity index (χ3n) is 2.34. The van der Waals surface area contributed by atoms with Gasteiger partial charge < -0.3 is 24.8 Å². The SMILES string of the molecule is CC(C)OC1OC(C(=O)O)C(O)C(O)C1N=O. The van der Waals surface area contributed by atoms with Crippen LogP contribution in [0.15, 0.2) is 5.18 Å². The first-order chi connectivity index (χ1) is 7.88. The highest BCUT2D eigenvalue weighted by atomic mass is 16.7. The van der Waals surface area contributed by atoms with E-state index in [-0.39, 0.29) is 6.10 Å². The first-order valence-corrected chi connectivity index (χ1v) is 5.10. The van der Waals surface area contributed by atoms with Crippen LogP contribution in [0.25, 0.3) is 0 Å². The Morgan fingerprint density at radius 2 is 1.94 bits per heavy atom. The molecule has 8 nitrogen and oxygen atoms in total. The van der Waals surface area contributed by atoms with Gasteiger partial charge in [-0.15, -0.1) is 0 Å². The van der Waals surface area contributed by atoms with E-state index in [0.29, 0.717) is 0 Å². The molecule has 0 aromatic carbocycles. The van der Waals surface area contributed by atoms with Crippen molar-refractivity contribution >= 4 is 5.97 Å². The highest BCUT2D eigenvalue weighted by molar-refractivity contribution is 5.73. The van der Waals surface area contributed by atoms with Gasteiger partial charge >= 0.3 is 5.97 Å². The molecule has 5 atom stereocenters. The average molecular weight is 249 g/mol. The molecule has 1 aliphatic heterocycles. The van der Waals surface area contributed by atoms with Gasteiger partial charge in [-0.1, -0.05) is 5.18 Å².